The zero-order chi connectivity index (χ0) is 14.7. The molecule has 0 fully saturated rings. The Morgan fingerprint density at radius 2 is 2.20 bits per heavy atom. The molecule has 4 nitrogen and oxygen atoms in total. The predicted octanol–water partition coefficient (Wildman–Crippen LogP) is 2.65. The molecule has 0 aliphatic carbocycles. The standard InChI is InChI=1S/C14H16FN3OS/c1-8-6-12(10(7-11(8)15)9(2)16-3)20-14-17-5-4-13(19)18-14/h4-7,9,16H,1-3H3,(H,17,18,19). The van der Waals surface area contributed by atoms with Crippen LogP contribution in [-0.4, -0.2) is 17.0 Å². The van der Waals surface area contributed by atoms with E-state index in [4.69, 9.17) is 0 Å². The van der Waals surface area contributed by atoms with Gasteiger partial charge in [-0.1, -0.05) is 11.8 Å². The molecule has 0 spiro atoms. The van der Waals surface area contributed by atoms with Crippen LogP contribution >= 0.6 is 11.8 Å². The summed E-state index contributed by atoms with van der Waals surface area (Å²) < 4.78 is 13.7. The van der Waals surface area contributed by atoms with Crippen molar-refractivity contribution in [2.45, 2.75) is 29.9 Å². The summed E-state index contributed by atoms with van der Waals surface area (Å²) in [5.41, 5.74) is 1.20. The van der Waals surface area contributed by atoms with Crippen LogP contribution in [0.3, 0.4) is 0 Å². The van der Waals surface area contributed by atoms with Gasteiger partial charge in [0, 0.05) is 23.2 Å². The van der Waals surface area contributed by atoms with Gasteiger partial charge in [0.25, 0.3) is 5.56 Å². The second-order valence-corrected chi connectivity index (χ2v) is 5.52. The van der Waals surface area contributed by atoms with Gasteiger partial charge in [-0.25, -0.2) is 9.37 Å². The Morgan fingerprint density at radius 3 is 2.85 bits per heavy atom. The maximum absolute atomic E-state index is 13.7. The maximum Gasteiger partial charge on any atom is 0.251 e. The molecule has 0 amide bonds. The highest BCUT2D eigenvalue weighted by molar-refractivity contribution is 7.99. The summed E-state index contributed by atoms with van der Waals surface area (Å²) in [6, 6.07) is 4.66. The molecule has 1 unspecified atom stereocenters. The summed E-state index contributed by atoms with van der Waals surface area (Å²) in [6.45, 7) is 3.67. The first-order valence-corrected chi connectivity index (χ1v) is 7.03. The van der Waals surface area contributed by atoms with Gasteiger partial charge in [-0.2, -0.15) is 0 Å². The first-order chi connectivity index (χ1) is 9.51. The van der Waals surface area contributed by atoms with Crippen molar-refractivity contribution in [1.82, 2.24) is 15.3 Å². The van der Waals surface area contributed by atoms with Crippen molar-refractivity contribution in [2.24, 2.45) is 0 Å². The molecule has 20 heavy (non-hydrogen) atoms. The van der Waals surface area contributed by atoms with Gasteiger partial charge >= 0.3 is 0 Å². The Kier molecular flexibility index (Phi) is 4.57. The minimum absolute atomic E-state index is 0.00281. The zero-order valence-electron chi connectivity index (χ0n) is 11.5. The van der Waals surface area contributed by atoms with E-state index >= 15 is 0 Å². The number of aryl methyl sites for hydroxylation is 1. The molecule has 0 saturated carbocycles. The molecule has 1 atom stereocenters. The predicted molar refractivity (Wildman–Crippen MR) is 77.6 cm³/mol. The minimum atomic E-state index is -0.235. The lowest BCUT2D eigenvalue weighted by atomic mass is 10.1. The Balaban J connectivity index is 2.44. The lowest BCUT2D eigenvalue weighted by Crippen LogP contribution is -2.14. The maximum atomic E-state index is 13.7. The molecule has 2 aromatic rings. The number of hydrogen-bond donors (Lipinski definition) is 2. The molecule has 1 aromatic carbocycles. The van der Waals surface area contributed by atoms with Crippen LogP contribution in [0.5, 0.6) is 0 Å². The molecule has 1 aromatic heterocycles. The van der Waals surface area contributed by atoms with Crippen LogP contribution in [0.1, 0.15) is 24.1 Å². The first-order valence-electron chi connectivity index (χ1n) is 6.21. The number of aromatic amines is 1. The van der Waals surface area contributed by atoms with E-state index in [1.54, 1.807) is 13.0 Å². The normalized spacial score (nSPS) is 12.4. The summed E-state index contributed by atoms with van der Waals surface area (Å²) >= 11 is 1.32. The molecule has 0 bridgehead atoms. The molecule has 2 N–H and O–H groups in total. The molecule has 1 heterocycles. The third kappa shape index (κ3) is 3.26. The molecule has 106 valence electrons. The number of rotatable bonds is 4. The van der Waals surface area contributed by atoms with Crippen molar-refractivity contribution in [3.05, 3.63) is 51.7 Å². The number of hydrogen-bond acceptors (Lipinski definition) is 4. The third-order valence-electron chi connectivity index (χ3n) is 3.05. The van der Waals surface area contributed by atoms with Gasteiger partial charge in [-0.3, -0.25) is 4.79 Å². The molecule has 6 heteroatoms. The fraction of sp³-hybridized carbons (Fsp3) is 0.286. The van der Waals surface area contributed by atoms with Gasteiger partial charge in [-0.15, -0.1) is 0 Å². The Morgan fingerprint density at radius 1 is 1.45 bits per heavy atom. The molecule has 0 aliphatic rings. The number of halogens is 1. The molecular formula is C14H16FN3OS. The van der Waals surface area contributed by atoms with E-state index in [2.05, 4.69) is 15.3 Å². The summed E-state index contributed by atoms with van der Waals surface area (Å²) in [5, 5.41) is 3.59. The fourth-order valence-electron chi connectivity index (χ4n) is 1.76. The highest BCUT2D eigenvalue weighted by Gasteiger charge is 2.14. The summed E-state index contributed by atoms with van der Waals surface area (Å²) in [6.07, 6.45) is 1.46. The van der Waals surface area contributed by atoms with Crippen molar-refractivity contribution < 1.29 is 4.39 Å². The van der Waals surface area contributed by atoms with Crippen LogP contribution in [0, 0.1) is 12.7 Å². The largest absolute Gasteiger partial charge is 0.313 e. The zero-order valence-corrected chi connectivity index (χ0v) is 12.3. The van der Waals surface area contributed by atoms with Crippen LogP contribution in [0.4, 0.5) is 4.39 Å². The van der Waals surface area contributed by atoms with Crippen molar-refractivity contribution in [3.8, 4) is 0 Å². The van der Waals surface area contributed by atoms with E-state index in [0.29, 0.717) is 10.7 Å². The third-order valence-corrected chi connectivity index (χ3v) is 4.02. The van der Waals surface area contributed by atoms with Gasteiger partial charge in [-0.05, 0) is 44.2 Å². The van der Waals surface area contributed by atoms with Gasteiger partial charge < -0.3 is 10.3 Å². The number of benzene rings is 1. The Labute approximate surface area is 120 Å². The van der Waals surface area contributed by atoms with Crippen molar-refractivity contribution in [2.75, 3.05) is 7.05 Å². The van der Waals surface area contributed by atoms with Crippen molar-refractivity contribution in [3.63, 3.8) is 0 Å². The van der Waals surface area contributed by atoms with Crippen LogP contribution in [0.15, 0.2) is 39.2 Å². The lowest BCUT2D eigenvalue weighted by molar-refractivity contribution is 0.594. The fourth-order valence-corrected chi connectivity index (χ4v) is 2.82. The van der Waals surface area contributed by atoms with E-state index < -0.39 is 0 Å². The minimum Gasteiger partial charge on any atom is -0.313 e. The Hall–Kier alpha value is -1.66. The average Bonchev–Trinajstić information content (AvgIpc) is 2.42. The summed E-state index contributed by atoms with van der Waals surface area (Å²) in [4.78, 5) is 18.9. The second-order valence-electron chi connectivity index (χ2n) is 4.49. The van der Waals surface area contributed by atoms with Gasteiger partial charge in [0.05, 0.1) is 0 Å². The van der Waals surface area contributed by atoms with Crippen LogP contribution in [-0.2, 0) is 0 Å². The van der Waals surface area contributed by atoms with Crippen molar-refractivity contribution >= 4 is 11.8 Å². The van der Waals surface area contributed by atoms with E-state index in [0.717, 1.165) is 10.5 Å². The number of nitrogens with zero attached hydrogens (tertiary/aromatic N) is 1. The monoisotopic (exact) mass is 293 g/mol. The molecule has 0 radical (unpaired) electrons. The van der Waals surface area contributed by atoms with Gasteiger partial charge in [0.15, 0.2) is 5.16 Å². The highest BCUT2D eigenvalue weighted by atomic mass is 32.2. The van der Waals surface area contributed by atoms with E-state index in [9.17, 15) is 9.18 Å². The van der Waals surface area contributed by atoms with E-state index in [-0.39, 0.29) is 17.4 Å². The van der Waals surface area contributed by atoms with Crippen LogP contribution < -0.4 is 10.9 Å². The number of H-pyrrole nitrogens is 1. The molecular weight excluding hydrogens is 277 g/mol. The number of aromatic nitrogens is 2. The molecule has 2 rings (SSSR count). The number of nitrogens with one attached hydrogen (secondary N) is 2. The van der Waals surface area contributed by atoms with E-state index in [1.807, 2.05) is 14.0 Å². The molecule has 0 saturated heterocycles. The quantitative estimate of drug-likeness (QED) is 0.851. The lowest BCUT2D eigenvalue weighted by Gasteiger charge is -2.16. The van der Waals surface area contributed by atoms with Crippen LogP contribution in [0.2, 0.25) is 0 Å². The second kappa shape index (κ2) is 6.19. The van der Waals surface area contributed by atoms with Crippen LogP contribution in [0.25, 0.3) is 0 Å². The highest BCUT2D eigenvalue weighted by Crippen LogP contribution is 2.32. The van der Waals surface area contributed by atoms with E-state index in [1.165, 1.54) is 30.1 Å². The average molecular weight is 293 g/mol. The van der Waals surface area contributed by atoms with Crippen molar-refractivity contribution in [1.29, 1.82) is 0 Å². The Bertz CT molecular complexity index is 672. The summed E-state index contributed by atoms with van der Waals surface area (Å²) in [7, 11) is 1.82. The summed E-state index contributed by atoms with van der Waals surface area (Å²) in [5.74, 6) is -0.235. The van der Waals surface area contributed by atoms with Gasteiger partial charge in [0.1, 0.15) is 5.82 Å². The SMILES string of the molecule is CNC(C)c1cc(F)c(C)cc1Sc1nccc(=O)[nH]1. The first kappa shape index (κ1) is 14.7. The topological polar surface area (TPSA) is 57.8 Å². The smallest absolute Gasteiger partial charge is 0.251 e. The van der Waals surface area contributed by atoms with Gasteiger partial charge in [0.2, 0.25) is 0 Å². The molecule has 0 aliphatic heterocycles.